The highest BCUT2D eigenvalue weighted by Gasteiger charge is 2.43. The Morgan fingerprint density at radius 3 is 2.59 bits per heavy atom. The van der Waals surface area contributed by atoms with Crippen LogP contribution in [0.4, 0.5) is 9.18 Å². The molecule has 7 heteroatoms. The molecule has 2 aromatic rings. The molecular weight excluding hydrogens is 391 g/mol. The van der Waals surface area contributed by atoms with E-state index >= 15 is 0 Å². The lowest BCUT2D eigenvalue weighted by atomic mass is 10.1. The van der Waals surface area contributed by atoms with E-state index in [1.165, 1.54) is 12.1 Å². The Hall–Kier alpha value is -2.93. The maximum atomic E-state index is 13.0. The molecular formula is C22H19FN2O3S. The Morgan fingerprint density at radius 1 is 1.14 bits per heavy atom. The van der Waals surface area contributed by atoms with Crippen molar-refractivity contribution in [2.75, 3.05) is 13.1 Å². The number of nitrogens with one attached hydrogen (secondary N) is 1. The SMILES string of the molecule is O=C(NCCN1C(=O)S/C(=C\c2ccc(F)cc2)C1=O)C1CC1c1ccccc1. The summed E-state index contributed by atoms with van der Waals surface area (Å²) in [6.07, 6.45) is 2.38. The Morgan fingerprint density at radius 2 is 1.86 bits per heavy atom. The monoisotopic (exact) mass is 410 g/mol. The summed E-state index contributed by atoms with van der Waals surface area (Å²) < 4.78 is 13.0. The largest absolute Gasteiger partial charge is 0.354 e. The third kappa shape index (κ3) is 4.40. The van der Waals surface area contributed by atoms with Crippen LogP contribution in [-0.4, -0.2) is 35.0 Å². The second-order valence-corrected chi connectivity index (χ2v) is 8.03. The number of rotatable bonds is 6. The van der Waals surface area contributed by atoms with Crippen molar-refractivity contribution in [2.24, 2.45) is 5.92 Å². The van der Waals surface area contributed by atoms with E-state index < -0.39 is 5.91 Å². The third-order valence-corrected chi connectivity index (χ3v) is 5.94. The molecule has 1 N–H and O–H groups in total. The number of hydrogen-bond acceptors (Lipinski definition) is 4. The normalized spacial score (nSPS) is 22.2. The fourth-order valence-electron chi connectivity index (χ4n) is 3.38. The van der Waals surface area contributed by atoms with Gasteiger partial charge in [-0.2, -0.15) is 0 Å². The van der Waals surface area contributed by atoms with Crippen molar-refractivity contribution in [3.05, 3.63) is 76.4 Å². The maximum absolute atomic E-state index is 13.0. The first kappa shape index (κ1) is 19.4. The summed E-state index contributed by atoms with van der Waals surface area (Å²) >= 11 is 0.848. The van der Waals surface area contributed by atoms with Gasteiger partial charge < -0.3 is 5.32 Å². The quantitative estimate of drug-likeness (QED) is 0.736. The average Bonchev–Trinajstić information content (AvgIpc) is 3.48. The van der Waals surface area contributed by atoms with Gasteiger partial charge in [0, 0.05) is 19.0 Å². The molecule has 0 aromatic heterocycles. The van der Waals surface area contributed by atoms with Crippen molar-refractivity contribution in [3.8, 4) is 0 Å². The lowest BCUT2D eigenvalue weighted by molar-refractivity contribution is -0.124. The molecule has 2 aromatic carbocycles. The lowest BCUT2D eigenvalue weighted by Crippen LogP contribution is -2.37. The second-order valence-electron chi connectivity index (χ2n) is 7.04. The standard InChI is InChI=1S/C22H19FN2O3S/c23-16-8-6-14(7-9-16)12-19-21(27)25(22(28)29-19)11-10-24-20(26)18-13-17(18)15-4-2-1-3-5-15/h1-9,12,17-18H,10-11,13H2,(H,24,26)/b19-12-. The van der Waals surface area contributed by atoms with Gasteiger partial charge in [0.05, 0.1) is 4.91 Å². The van der Waals surface area contributed by atoms with Gasteiger partial charge >= 0.3 is 0 Å². The van der Waals surface area contributed by atoms with Crippen LogP contribution in [0.25, 0.3) is 6.08 Å². The molecule has 0 spiro atoms. The molecule has 1 aliphatic heterocycles. The van der Waals surface area contributed by atoms with Crippen molar-refractivity contribution in [3.63, 3.8) is 0 Å². The summed E-state index contributed by atoms with van der Waals surface area (Å²) in [4.78, 5) is 38.4. The second kappa shape index (κ2) is 8.21. The van der Waals surface area contributed by atoms with E-state index in [1.807, 2.05) is 30.3 Å². The first-order valence-corrected chi connectivity index (χ1v) is 10.2. The van der Waals surface area contributed by atoms with Gasteiger partial charge in [-0.05, 0) is 53.4 Å². The Balaban J connectivity index is 1.29. The Labute approximate surface area is 172 Å². The van der Waals surface area contributed by atoms with Gasteiger partial charge in [0.15, 0.2) is 0 Å². The minimum Gasteiger partial charge on any atom is -0.354 e. The van der Waals surface area contributed by atoms with Crippen molar-refractivity contribution in [1.82, 2.24) is 10.2 Å². The van der Waals surface area contributed by atoms with Crippen molar-refractivity contribution in [1.29, 1.82) is 0 Å². The number of thioether (sulfide) groups is 1. The van der Waals surface area contributed by atoms with Gasteiger partial charge in [-0.15, -0.1) is 0 Å². The molecule has 3 amide bonds. The van der Waals surface area contributed by atoms with Gasteiger partial charge in [0.25, 0.3) is 11.1 Å². The summed E-state index contributed by atoms with van der Waals surface area (Å²) in [6.45, 7) is 0.346. The van der Waals surface area contributed by atoms with Gasteiger partial charge in [-0.25, -0.2) is 4.39 Å². The van der Waals surface area contributed by atoms with E-state index in [1.54, 1.807) is 18.2 Å². The predicted molar refractivity (Wildman–Crippen MR) is 109 cm³/mol. The topological polar surface area (TPSA) is 66.5 Å². The number of carbonyl (C=O) groups excluding carboxylic acids is 3. The summed E-state index contributed by atoms with van der Waals surface area (Å²) in [5.74, 6) is -0.617. The number of hydrogen-bond donors (Lipinski definition) is 1. The highest BCUT2D eigenvalue weighted by atomic mass is 32.2. The molecule has 1 aliphatic carbocycles. The third-order valence-electron chi connectivity index (χ3n) is 5.03. The summed E-state index contributed by atoms with van der Waals surface area (Å²) in [5, 5.41) is 2.46. The van der Waals surface area contributed by atoms with Crippen LogP contribution >= 0.6 is 11.8 Å². The molecule has 2 fully saturated rings. The van der Waals surface area contributed by atoms with E-state index in [9.17, 15) is 18.8 Å². The number of carbonyl (C=O) groups is 3. The van der Waals surface area contributed by atoms with Crippen LogP contribution in [0.2, 0.25) is 0 Å². The predicted octanol–water partition coefficient (Wildman–Crippen LogP) is 3.78. The van der Waals surface area contributed by atoms with Gasteiger partial charge in [0.2, 0.25) is 5.91 Å². The summed E-state index contributed by atoms with van der Waals surface area (Å²) in [6, 6.07) is 15.6. The molecule has 4 rings (SSSR count). The van der Waals surface area contributed by atoms with Gasteiger partial charge in [-0.3, -0.25) is 19.3 Å². The highest BCUT2D eigenvalue weighted by molar-refractivity contribution is 8.18. The molecule has 148 valence electrons. The molecule has 0 bridgehead atoms. The van der Waals surface area contributed by atoms with Crippen LogP contribution in [0, 0.1) is 11.7 Å². The fourth-order valence-corrected chi connectivity index (χ4v) is 4.24. The number of benzene rings is 2. The van der Waals surface area contributed by atoms with E-state index in [-0.39, 0.29) is 41.9 Å². The van der Waals surface area contributed by atoms with E-state index in [0.29, 0.717) is 10.5 Å². The molecule has 29 heavy (non-hydrogen) atoms. The summed E-state index contributed by atoms with van der Waals surface area (Å²) in [7, 11) is 0. The van der Waals surface area contributed by atoms with Crippen LogP contribution < -0.4 is 5.32 Å². The molecule has 1 saturated carbocycles. The minimum absolute atomic E-state index is 0.0484. The van der Waals surface area contributed by atoms with Crippen LogP contribution in [0.5, 0.6) is 0 Å². The van der Waals surface area contributed by atoms with Crippen LogP contribution in [0.3, 0.4) is 0 Å². The van der Waals surface area contributed by atoms with Crippen LogP contribution in [-0.2, 0) is 9.59 Å². The smallest absolute Gasteiger partial charge is 0.293 e. The fraction of sp³-hybridized carbons (Fsp3) is 0.227. The molecule has 2 aliphatic rings. The molecule has 1 heterocycles. The first-order valence-electron chi connectivity index (χ1n) is 9.36. The van der Waals surface area contributed by atoms with E-state index in [0.717, 1.165) is 28.6 Å². The van der Waals surface area contributed by atoms with E-state index in [4.69, 9.17) is 0 Å². The zero-order valence-corrected chi connectivity index (χ0v) is 16.3. The highest BCUT2D eigenvalue weighted by Crippen LogP contribution is 2.47. The zero-order chi connectivity index (χ0) is 20.4. The van der Waals surface area contributed by atoms with E-state index in [2.05, 4.69) is 5.32 Å². The first-order chi connectivity index (χ1) is 14.0. The number of imide groups is 1. The molecule has 1 saturated heterocycles. The average molecular weight is 410 g/mol. The van der Waals surface area contributed by atoms with Crippen molar-refractivity contribution >= 4 is 34.9 Å². The summed E-state index contributed by atoms with van der Waals surface area (Å²) in [5.41, 5.74) is 1.80. The maximum Gasteiger partial charge on any atom is 0.293 e. The van der Waals surface area contributed by atoms with Crippen LogP contribution in [0.1, 0.15) is 23.5 Å². The van der Waals surface area contributed by atoms with Gasteiger partial charge in [0.1, 0.15) is 5.82 Å². The van der Waals surface area contributed by atoms with Crippen LogP contribution in [0.15, 0.2) is 59.5 Å². The molecule has 5 nitrogen and oxygen atoms in total. The molecule has 2 atom stereocenters. The molecule has 2 unspecified atom stereocenters. The van der Waals surface area contributed by atoms with Gasteiger partial charge in [-0.1, -0.05) is 42.5 Å². The minimum atomic E-state index is -0.396. The Bertz CT molecular complexity index is 975. The molecule has 0 radical (unpaired) electrons. The Kier molecular flexibility index (Phi) is 5.49. The lowest BCUT2D eigenvalue weighted by Gasteiger charge is -2.13. The number of amides is 3. The van der Waals surface area contributed by atoms with Crippen molar-refractivity contribution in [2.45, 2.75) is 12.3 Å². The number of halogens is 1. The number of nitrogens with zero attached hydrogens (tertiary/aromatic N) is 1. The van der Waals surface area contributed by atoms with Crippen molar-refractivity contribution < 1.29 is 18.8 Å². The zero-order valence-electron chi connectivity index (χ0n) is 15.5.